The molecule has 0 radical (unpaired) electrons. The minimum Gasteiger partial charge on any atom is -0.299 e. The van der Waals surface area contributed by atoms with E-state index in [9.17, 15) is 12.8 Å². The lowest BCUT2D eigenvalue weighted by atomic mass is 10.1. The van der Waals surface area contributed by atoms with Crippen LogP contribution in [0.1, 0.15) is 18.9 Å². The van der Waals surface area contributed by atoms with E-state index in [1.807, 2.05) is 0 Å². The average molecular weight is 335 g/mol. The Balaban J connectivity index is 1.83. The summed E-state index contributed by atoms with van der Waals surface area (Å²) in [5, 5.41) is 0.138. The predicted molar refractivity (Wildman–Crippen MR) is 82.3 cm³/mol. The summed E-state index contributed by atoms with van der Waals surface area (Å²) in [4.78, 5) is 2.23. The van der Waals surface area contributed by atoms with E-state index in [1.54, 1.807) is 19.1 Å². The summed E-state index contributed by atoms with van der Waals surface area (Å²) in [6.07, 6.45) is 0.959. The number of hydrogen-bond acceptors (Lipinski definition) is 3. The van der Waals surface area contributed by atoms with Gasteiger partial charge in [-0.15, -0.1) is 0 Å². The molecular weight excluding hydrogens is 315 g/mol. The van der Waals surface area contributed by atoms with E-state index < -0.39 is 15.8 Å². The zero-order valence-corrected chi connectivity index (χ0v) is 13.6. The SMILES string of the molecule is CCS(=O)(=O)NCC1CCN(Cc2ccc(F)c(Cl)c2)C1. The molecule has 1 N–H and O–H groups in total. The first kappa shape index (κ1) is 16.7. The summed E-state index contributed by atoms with van der Waals surface area (Å²) in [6, 6.07) is 4.75. The summed E-state index contributed by atoms with van der Waals surface area (Å²) >= 11 is 5.77. The number of nitrogens with zero attached hydrogens (tertiary/aromatic N) is 1. The molecule has 0 aliphatic carbocycles. The molecule has 1 unspecified atom stereocenters. The third kappa shape index (κ3) is 4.92. The van der Waals surface area contributed by atoms with Crippen molar-refractivity contribution in [2.24, 2.45) is 5.92 Å². The van der Waals surface area contributed by atoms with Crippen molar-refractivity contribution in [3.05, 3.63) is 34.6 Å². The van der Waals surface area contributed by atoms with Gasteiger partial charge in [0.1, 0.15) is 5.82 Å². The van der Waals surface area contributed by atoms with E-state index in [2.05, 4.69) is 9.62 Å². The van der Waals surface area contributed by atoms with Crippen LogP contribution in [0.15, 0.2) is 18.2 Å². The highest BCUT2D eigenvalue weighted by Gasteiger charge is 2.23. The fourth-order valence-electron chi connectivity index (χ4n) is 2.47. The predicted octanol–water partition coefficient (Wildman–Crippen LogP) is 2.24. The van der Waals surface area contributed by atoms with Crippen LogP contribution in [0.4, 0.5) is 4.39 Å². The van der Waals surface area contributed by atoms with Crippen molar-refractivity contribution in [3.63, 3.8) is 0 Å². The van der Waals surface area contributed by atoms with Crippen LogP contribution in [0.5, 0.6) is 0 Å². The summed E-state index contributed by atoms with van der Waals surface area (Å²) in [5.74, 6) is 0.0215. The highest BCUT2D eigenvalue weighted by Crippen LogP contribution is 2.21. The highest BCUT2D eigenvalue weighted by molar-refractivity contribution is 7.89. The monoisotopic (exact) mass is 334 g/mol. The second-order valence-corrected chi connectivity index (χ2v) is 7.89. The van der Waals surface area contributed by atoms with Gasteiger partial charge in [0.25, 0.3) is 0 Å². The third-order valence-corrected chi connectivity index (χ3v) is 5.39. The highest BCUT2D eigenvalue weighted by atomic mass is 35.5. The zero-order valence-electron chi connectivity index (χ0n) is 12.0. The molecule has 4 nitrogen and oxygen atoms in total. The van der Waals surface area contributed by atoms with E-state index in [-0.39, 0.29) is 10.8 Å². The van der Waals surface area contributed by atoms with Crippen molar-refractivity contribution in [2.45, 2.75) is 19.9 Å². The Labute approximate surface area is 130 Å². The van der Waals surface area contributed by atoms with Crippen LogP contribution >= 0.6 is 11.6 Å². The number of hydrogen-bond donors (Lipinski definition) is 1. The average Bonchev–Trinajstić information content (AvgIpc) is 2.89. The summed E-state index contributed by atoms with van der Waals surface area (Å²) in [5.41, 5.74) is 0.969. The first-order valence-electron chi connectivity index (χ1n) is 7.03. The molecule has 1 atom stereocenters. The Hall–Kier alpha value is -0.690. The number of sulfonamides is 1. The second kappa shape index (κ2) is 7.05. The van der Waals surface area contributed by atoms with Gasteiger partial charge in [0.15, 0.2) is 0 Å². The van der Waals surface area contributed by atoms with Crippen molar-refractivity contribution in [1.29, 1.82) is 0 Å². The lowest BCUT2D eigenvalue weighted by molar-refractivity contribution is 0.316. The molecule has 1 saturated heterocycles. The van der Waals surface area contributed by atoms with Gasteiger partial charge in [0, 0.05) is 19.6 Å². The van der Waals surface area contributed by atoms with Gasteiger partial charge in [-0.05, 0) is 43.5 Å². The Morgan fingerprint density at radius 1 is 1.48 bits per heavy atom. The number of halogens is 2. The first-order chi connectivity index (χ1) is 9.89. The normalized spacial score (nSPS) is 20.0. The quantitative estimate of drug-likeness (QED) is 0.868. The molecule has 1 aromatic carbocycles. The molecule has 21 heavy (non-hydrogen) atoms. The van der Waals surface area contributed by atoms with E-state index in [1.165, 1.54) is 6.07 Å². The van der Waals surface area contributed by atoms with Gasteiger partial charge < -0.3 is 0 Å². The summed E-state index contributed by atoms with van der Waals surface area (Å²) in [6.45, 7) is 4.56. The van der Waals surface area contributed by atoms with Crippen LogP contribution in [0.25, 0.3) is 0 Å². The van der Waals surface area contributed by atoms with Gasteiger partial charge in [0.05, 0.1) is 10.8 Å². The molecule has 0 amide bonds. The molecule has 1 aromatic rings. The number of likely N-dealkylation sites (tertiary alicyclic amines) is 1. The Kier molecular flexibility index (Phi) is 5.60. The Morgan fingerprint density at radius 2 is 2.24 bits per heavy atom. The van der Waals surface area contributed by atoms with Gasteiger partial charge in [-0.1, -0.05) is 17.7 Å². The smallest absolute Gasteiger partial charge is 0.211 e. The summed E-state index contributed by atoms with van der Waals surface area (Å²) < 4.78 is 38.6. The van der Waals surface area contributed by atoms with Crippen molar-refractivity contribution >= 4 is 21.6 Å². The van der Waals surface area contributed by atoms with Crippen LogP contribution < -0.4 is 4.72 Å². The molecule has 0 spiro atoms. The van der Waals surface area contributed by atoms with E-state index in [0.29, 0.717) is 19.0 Å². The van der Waals surface area contributed by atoms with Crippen molar-refractivity contribution in [1.82, 2.24) is 9.62 Å². The summed E-state index contributed by atoms with van der Waals surface area (Å²) in [7, 11) is -3.12. The lowest BCUT2D eigenvalue weighted by Gasteiger charge is -2.16. The van der Waals surface area contributed by atoms with Gasteiger partial charge >= 0.3 is 0 Å². The first-order valence-corrected chi connectivity index (χ1v) is 9.06. The maximum Gasteiger partial charge on any atom is 0.211 e. The number of benzene rings is 1. The molecular formula is C14H20ClFN2O2S. The molecule has 0 saturated carbocycles. The standard InChI is InChI=1S/C14H20ClFN2O2S/c1-2-21(19,20)17-8-12-5-6-18(10-12)9-11-3-4-14(16)13(15)7-11/h3-4,7,12,17H,2,5-6,8-10H2,1H3. The molecule has 1 fully saturated rings. The molecule has 0 aromatic heterocycles. The van der Waals surface area contributed by atoms with Crippen LogP contribution in [0, 0.1) is 11.7 Å². The van der Waals surface area contributed by atoms with Crippen LogP contribution in [0.2, 0.25) is 5.02 Å². The molecule has 118 valence electrons. The second-order valence-electron chi connectivity index (χ2n) is 5.39. The topological polar surface area (TPSA) is 49.4 Å². The Morgan fingerprint density at radius 3 is 2.90 bits per heavy atom. The number of rotatable bonds is 6. The fraction of sp³-hybridized carbons (Fsp3) is 0.571. The fourth-order valence-corrected chi connectivity index (χ4v) is 3.36. The minimum absolute atomic E-state index is 0.109. The van der Waals surface area contributed by atoms with Gasteiger partial charge in [-0.3, -0.25) is 4.90 Å². The molecule has 1 aliphatic heterocycles. The van der Waals surface area contributed by atoms with Gasteiger partial charge in [-0.2, -0.15) is 0 Å². The van der Waals surface area contributed by atoms with Crippen molar-refractivity contribution < 1.29 is 12.8 Å². The van der Waals surface area contributed by atoms with Crippen LogP contribution in [-0.4, -0.2) is 38.7 Å². The zero-order chi connectivity index (χ0) is 15.5. The van der Waals surface area contributed by atoms with E-state index in [4.69, 9.17) is 11.6 Å². The van der Waals surface area contributed by atoms with Crippen molar-refractivity contribution in [3.8, 4) is 0 Å². The van der Waals surface area contributed by atoms with Crippen LogP contribution in [-0.2, 0) is 16.6 Å². The Bertz CT molecular complexity index is 595. The van der Waals surface area contributed by atoms with E-state index >= 15 is 0 Å². The third-order valence-electron chi connectivity index (χ3n) is 3.73. The molecule has 2 rings (SSSR count). The maximum absolute atomic E-state index is 13.1. The number of nitrogens with one attached hydrogen (secondary N) is 1. The molecule has 1 heterocycles. The maximum atomic E-state index is 13.1. The van der Waals surface area contributed by atoms with Crippen molar-refractivity contribution in [2.75, 3.05) is 25.4 Å². The molecule has 7 heteroatoms. The molecule has 1 aliphatic rings. The minimum atomic E-state index is -3.12. The molecule has 0 bridgehead atoms. The lowest BCUT2D eigenvalue weighted by Crippen LogP contribution is -2.31. The van der Waals surface area contributed by atoms with Gasteiger partial charge in [-0.25, -0.2) is 17.5 Å². The largest absolute Gasteiger partial charge is 0.299 e. The van der Waals surface area contributed by atoms with Gasteiger partial charge in [0.2, 0.25) is 10.0 Å². The van der Waals surface area contributed by atoms with E-state index in [0.717, 1.165) is 25.1 Å². The van der Waals surface area contributed by atoms with Crippen LogP contribution in [0.3, 0.4) is 0 Å².